The lowest BCUT2D eigenvalue weighted by molar-refractivity contribution is 0.453. The van der Waals surface area contributed by atoms with Crippen molar-refractivity contribution < 1.29 is 8.42 Å². The second-order valence-corrected chi connectivity index (χ2v) is 6.72. The zero-order chi connectivity index (χ0) is 13.1. The van der Waals surface area contributed by atoms with Gasteiger partial charge in [0, 0.05) is 0 Å². The van der Waals surface area contributed by atoms with Crippen molar-refractivity contribution in [3.8, 4) is 0 Å². The number of amidine groups is 1. The van der Waals surface area contributed by atoms with Gasteiger partial charge in [-0.3, -0.25) is 5.41 Å². The molecule has 0 aliphatic heterocycles. The molecular formula is C11H23N3O2S. The highest BCUT2D eigenvalue weighted by molar-refractivity contribution is 7.90. The molecule has 6 heteroatoms. The standard InChI is InChI=1S/C11H23N3O2S/c1-3-11(4-2,10(12)13)14-17(15,16)9-7-5-6-8-9/h9,14H,3-8H2,1-2H3,(H3,12,13). The van der Waals surface area contributed by atoms with Crippen molar-refractivity contribution in [3.63, 3.8) is 0 Å². The first-order chi connectivity index (χ1) is 7.88. The molecule has 100 valence electrons. The van der Waals surface area contributed by atoms with Gasteiger partial charge in [0.2, 0.25) is 10.0 Å². The monoisotopic (exact) mass is 261 g/mol. The average molecular weight is 261 g/mol. The van der Waals surface area contributed by atoms with E-state index in [0.717, 1.165) is 25.7 Å². The highest BCUT2D eigenvalue weighted by Gasteiger charge is 2.38. The van der Waals surface area contributed by atoms with E-state index in [1.54, 1.807) is 0 Å². The largest absolute Gasteiger partial charge is 0.386 e. The van der Waals surface area contributed by atoms with E-state index < -0.39 is 15.6 Å². The maximum Gasteiger partial charge on any atom is 0.215 e. The molecule has 1 saturated carbocycles. The fourth-order valence-electron chi connectivity index (χ4n) is 2.38. The second kappa shape index (κ2) is 5.35. The zero-order valence-corrected chi connectivity index (χ0v) is 11.4. The molecular weight excluding hydrogens is 238 g/mol. The van der Waals surface area contributed by atoms with Crippen molar-refractivity contribution in [1.82, 2.24) is 4.72 Å². The number of nitrogens with two attached hydrogens (primary N) is 1. The lowest BCUT2D eigenvalue weighted by Gasteiger charge is -2.32. The smallest absolute Gasteiger partial charge is 0.215 e. The van der Waals surface area contributed by atoms with Gasteiger partial charge in [-0.05, 0) is 25.7 Å². The van der Waals surface area contributed by atoms with Crippen LogP contribution < -0.4 is 10.5 Å². The third-order valence-corrected chi connectivity index (χ3v) is 5.83. The third kappa shape index (κ3) is 2.98. The highest BCUT2D eigenvalue weighted by Crippen LogP contribution is 2.26. The summed E-state index contributed by atoms with van der Waals surface area (Å²) in [6.07, 6.45) is 4.39. The lowest BCUT2D eigenvalue weighted by Crippen LogP contribution is -2.57. The summed E-state index contributed by atoms with van der Waals surface area (Å²) in [6.45, 7) is 3.70. The maximum atomic E-state index is 12.2. The van der Waals surface area contributed by atoms with Crippen molar-refractivity contribution in [3.05, 3.63) is 0 Å². The molecule has 0 amide bonds. The number of rotatable bonds is 6. The quantitative estimate of drug-likeness (QED) is 0.497. The van der Waals surface area contributed by atoms with Gasteiger partial charge in [0.1, 0.15) is 5.84 Å². The molecule has 0 saturated heterocycles. The van der Waals surface area contributed by atoms with Gasteiger partial charge in [0.25, 0.3) is 0 Å². The van der Waals surface area contributed by atoms with Crippen LogP contribution >= 0.6 is 0 Å². The van der Waals surface area contributed by atoms with E-state index in [0.29, 0.717) is 12.8 Å². The van der Waals surface area contributed by atoms with Gasteiger partial charge in [-0.25, -0.2) is 13.1 Å². The predicted molar refractivity (Wildman–Crippen MR) is 69.5 cm³/mol. The van der Waals surface area contributed by atoms with Crippen LogP contribution in [0.25, 0.3) is 0 Å². The Labute approximate surface area is 104 Å². The summed E-state index contributed by atoms with van der Waals surface area (Å²) in [5, 5.41) is 7.29. The minimum atomic E-state index is -3.36. The topological polar surface area (TPSA) is 96.0 Å². The van der Waals surface area contributed by atoms with Gasteiger partial charge in [0.15, 0.2) is 0 Å². The average Bonchev–Trinajstić information content (AvgIpc) is 2.79. The summed E-state index contributed by atoms with van der Waals surface area (Å²) in [4.78, 5) is 0. The molecule has 1 fully saturated rings. The molecule has 5 nitrogen and oxygen atoms in total. The molecule has 0 aromatic rings. The first kappa shape index (κ1) is 14.4. The summed E-state index contributed by atoms with van der Waals surface area (Å²) in [5.74, 6) is -0.0935. The fraction of sp³-hybridized carbons (Fsp3) is 0.909. The van der Waals surface area contributed by atoms with E-state index in [1.807, 2.05) is 13.8 Å². The summed E-state index contributed by atoms with van der Waals surface area (Å²) < 4.78 is 27.1. The Morgan fingerprint density at radius 2 is 1.82 bits per heavy atom. The molecule has 4 N–H and O–H groups in total. The van der Waals surface area contributed by atoms with Crippen LogP contribution in [0.5, 0.6) is 0 Å². The molecule has 1 aliphatic carbocycles. The SMILES string of the molecule is CCC(CC)(NS(=O)(=O)C1CCCC1)C(=N)N. The summed E-state index contributed by atoms with van der Waals surface area (Å²) in [7, 11) is -3.36. The Kier molecular flexibility index (Phi) is 4.55. The molecule has 0 bridgehead atoms. The van der Waals surface area contributed by atoms with E-state index in [4.69, 9.17) is 11.1 Å². The Morgan fingerprint density at radius 1 is 1.35 bits per heavy atom. The molecule has 17 heavy (non-hydrogen) atoms. The first-order valence-electron chi connectivity index (χ1n) is 6.25. The molecule has 0 aromatic carbocycles. The van der Waals surface area contributed by atoms with E-state index >= 15 is 0 Å². The van der Waals surface area contributed by atoms with Crippen molar-refractivity contribution in [2.24, 2.45) is 5.73 Å². The van der Waals surface area contributed by atoms with Crippen molar-refractivity contribution >= 4 is 15.9 Å². The molecule has 0 heterocycles. The molecule has 0 radical (unpaired) electrons. The van der Waals surface area contributed by atoms with Crippen LogP contribution in [0.15, 0.2) is 0 Å². The Balaban J connectivity index is 2.89. The lowest BCUT2D eigenvalue weighted by atomic mass is 9.93. The number of hydrogen-bond donors (Lipinski definition) is 3. The van der Waals surface area contributed by atoms with Crippen LogP contribution in [0.2, 0.25) is 0 Å². The highest BCUT2D eigenvalue weighted by atomic mass is 32.2. The van der Waals surface area contributed by atoms with Crippen molar-refractivity contribution in [2.75, 3.05) is 0 Å². The van der Waals surface area contributed by atoms with Gasteiger partial charge < -0.3 is 5.73 Å². The molecule has 0 spiro atoms. The van der Waals surface area contributed by atoms with Crippen molar-refractivity contribution in [2.45, 2.75) is 63.2 Å². The summed E-state index contributed by atoms with van der Waals surface area (Å²) >= 11 is 0. The first-order valence-corrected chi connectivity index (χ1v) is 7.80. The molecule has 0 unspecified atom stereocenters. The third-order valence-electron chi connectivity index (χ3n) is 3.80. The van der Waals surface area contributed by atoms with Crippen molar-refractivity contribution in [1.29, 1.82) is 5.41 Å². The minimum absolute atomic E-state index is 0.0935. The van der Waals surface area contributed by atoms with Gasteiger partial charge in [-0.2, -0.15) is 0 Å². The molecule has 0 aromatic heterocycles. The van der Waals surface area contributed by atoms with Gasteiger partial charge in [0.05, 0.1) is 10.8 Å². The Morgan fingerprint density at radius 3 is 2.18 bits per heavy atom. The maximum absolute atomic E-state index is 12.2. The summed E-state index contributed by atoms with van der Waals surface area (Å²) in [6, 6.07) is 0. The molecule has 1 aliphatic rings. The van der Waals surface area contributed by atoms with E-state index in [2.05, 4.69) is 4.72 Å². The number of nitrogens with one attached hydrogen (secondary N) is 2. The van der Waals surface area contributed by atoms with Crippen LogP contribution in [0.1, 0.15) is 52.4 Å². The molecule has 0 atom stereocenters. The number of sulfonamides is 1. The number of hydrogen-bond acceptors (Lipinski definition) is 3. The van der Waals surface area contributed by atoms with Gasteiger partial charge in [-0.15, -0.1) is 0 Å². The summed E-state index contributed by atoms with van der Waals surface area (Å²) in [5.41, 5.74) is 4.65. The van der Waals surface area contributed by atoms with Crippen LogP contribution in [0, 0.1) is 5.41 Å². The predicted octanol–water partition coefficient (Wildman–Crippen LogP) is 1.34. The van der Waals surface area contributed by atoms with Crippen LogP contribution in [0.3, 0.4) is 0 Å². The van der Waals surface area contributed by atoms with Crippen LogP contribution in [-0.2, 0) is 10.0 Å². The fourth-order valence-corrected chi connectivity index (χ4v) is 4.45. The second-order valence-electron chi connectivity index (χ2n) is 4.76. The van der Waals surface area contributed by atoms with E-state index in [-0.39, 0.29) is 11.1 Å². The van der Waals surface area contributed by atoms with Crippen LogP contribution in [0.4, 0.5) is 0 Å². The van der Waals surface area contributed by atoms with E-state index in [9.17, 15) is 8.42 Å². The Bertz CT molecular complexity index is 368. The zero-order valence-electron chi connectivity index (χ0n) is 10.6. The van der Waals surface area contributed by atoms with Crippen LogP contribution in [-0.4, -0.2) is 25.0 Å². The van der Waals surface area contributed by atoms with E-state index in [1.165, 1.54) is 0 Å². The van der Waals surface area contributed by atoms with Gasteiger partial charge >= 0.3 is 0 Å². The minimum Gasteiger partial charge on any atom is -0.386 e. The normalized spacial score (nSPS) is 18.5. The Hall–Kier alpha value is -0.620. The molecule has 1 rings (SSSR count). The van der Waals surface area contributed by atoms with Gasteiger partial charge in [-0.1, -0.05) is 26.7 Å².